The van der Waals surface area contributed by atoms with E-state index in [4.69, 9.17) is 28.4 Å². The monoisotopic (exact) mass is 576 g/mol. The molecule has 1 saturated carbocycles. The largest absolute Gasteiger partial charge is 0.394 e. The van der Waals surface area contributed by atoms with Gasteiger partial charge in [0.2, 0.25) is 0 Å². The highest BCUT2D eigenvalue weighted by Gasteiger charge is 2.51. The van der Waals surface area contributed by atoms with Crippen molar-refractivity contribution in [1.82, 2.24) is 0 Å². The van der Waals surface area contributed by atoms with Gasteiger partial charge in [0, 0.05) is 6.61 Å². The van der Waals surface area contributed by atoms with Crippen LogP contribution in [0.1, 0.15) is 72.1 Å². The first-order chi connectivity index (χ1) is 19.2. The summed E-state index contributed by atoms with van der Waals surface area (Å²) in [5, 5.41) is 52.1. The lowest BCUT2D eigenvalue weighted by Crippen LogP contribution is -2.63. The number of rotatable bonds is 7. The average molecular weight is 577 g/mol. The van der Waals surface area contributed by atoms with Crippen LogP contribution in [0, 0.1) is 5.92 Å². The van der Waals surface area contributed by atoms with Crippen molar-refractivity contribution < 1.29 is 58.7 Å². The zero-order valence-electron chi connectivity index (χ0n) is 23.7. The van der Waals surface area contributed by atoms with E-state index in [2.05, 4.69) is 0 Å². The number of aliphatic hydroxyl groups excluding tert-OH is 5. The first-order valence-corrected chi connectivity index (χ1v) is 14.9. The molecule has 4 rings (SSSR count). The number of hydrogen-bond acceptors (Lipinski definition) is 12. The molecule has 14 atom stereocenters. The van der Waals surface area contributed by atoms with Crippen LogP contribution in [-0.4, -0.2) is 124 Å². The molecule has 0 aromatic heterocycles. The fraction of sp³-hybridized carbons (Fsp3) is 0.964. The third kappa shape index (κ3) is 7.23. The SMILES string of the molecule is CCC1CCCC(OC2OC(CO)C(O)C3OC(C(C)=O)CCCCCOC23)C1OC1OC(C)C(O)C(O)C1O. The van der Waals surface area contributed by atoms with E-state index in [1.165, 1.54) is 6.92 Å². The Balaban J connectivity index is 1.56. The standard InChI is InChI=1S/C28H48O12/c1-4-16-9-8-11-18(24(16)40-27-23(34)22(33)20(31)15(3)36-27)38-28-26-25(21(32)19(13-29)39-28)37-17(14(2)30)10-6-5-7-12-35-26/h15-29,31-34H,4-13H2,1-3H3. The van der Waals surface area contributed by atoms with Gasteiger partial charge >= 0.3 is 0 Å². The molecular formula is C28H48O12. The Morgan fingerprint density at radius 2 is 1.60 bits per heavy atom. The lowest BCUT2D eigenvalue weighted by Gasteiger charge is -2.48. The van der Waals surface area contributed by atoms with Gasteiger partial charge < -0.3 is 54.0 Å². The van der Waals surface area contributed by atoms with E-state index in [1.54, 1.807) is 6.92 Å². The average Bonchev–Trinajstić information content (AvgIpc) is 2.94. The van der Waals surface area contributed by atoms with Gasteiger partial charge in [-0.2, -0.15) is 0 Å². The molecule has 40 heavy (non-hydrogen) atoms. The maximum absolute atomic E-state index is 12.3. The fourth-order valence-electron chi connectivity index (χ4n) is 6.31. The summed E-state index contributed by atoms with van der Waals surface area (Å²) in [5.74, 6) is -0.0917. The maximum Gasteiger partial charge on any atom is 0.187 e. The van der Waals surface area contributed by atoms with Crippen LogP contribution in [0.5, 0.6) is 0 Å². The van der Waals surface area contributed by atoms with Gasteiger partial charge in [-0.15, -0.1) is 0 Å². The molecular weight excluding hydrogens is 528 g/mol. The molecule has 0 bridgehead atoms. The highest BCUT2D eigenvalue weighted by Crippen LogP contribution is 2.37. The van der Waals surface area contributed by atoms with E-state index in [1.807, 2.05) is 6.92 Å². The summed E-state index contributed by atoms with van der Waals surface area (Å²) < 4.78 is 36.9. The second-order valence-electron chi connectivity index (χ2n) is 11.7. The molecule has 14 unspecified atom stereocenters. The molecule has 12 nitrogen and oxygen atoms in total. The number of hydrogen-bond donors (Lipinski definition) is 5. The third-order valence-corrected chi connectivity index (χ3v) is 8.82. The number of ether oxygens (including phenoxy) is 6. The Hall–Kier alpha value is -0.770. The molecule has 4 fully saturated rings. The first-order valence-electron chi connectivity index (χ1n) is 14.9. The van der Waals surface area contributed by atoms with Gasteiger partial charge in [-0.1, -0.05) is 32.6 Å². The van der Waals surface area contributed by atoms with Crippen molar-refractivity contribution in [3.05, 3.63) is 0 Å². The van der Waals surface area contributed by atoms with Crippen molar-refractivity contribution in [3.63, 3.8) is 0 Å². The van der Waals surface area contributed by atoms with E-state index < -0.39 is 86.3 Å². The number of carbonyl (C=O) groups is 1. The molecule has 12 heteroatoms. The van der Waals surface area contributed by atoms with Gasteiger partial charge in [0.05, 0.1) is 24.9 Å². The van der Waals surface area contributed by atoms with Crippen LogP contribution in [-0.2, 0) is 33.2 Å². The molecule has 0 spiro atoms. The van der Waals surface area contributed by atoms with E-state index in [-0.39, 0.29) is 11.7 Å². The molecule has 4 aliphatic rings. The van der Waals surface area contributed by atoms with Crippen LogP contribution >= 0.6 is 0 Å². The number of ketones is 1. The van der Waals surface area contributed by atoms with Gasteiger partial charge in [0.25, 0.3) is 0 Å². The molecule has 0 aromatic rings. The smallest absolute Gasteiger partial charge is 0.187 e. The third-order valence-electron chi connectivity index (χ3n) is 8.82. The van der Waals surface area contributed by atoms with Crippen molar-refractivity contribution in [2.45, 2.75) is 152 Å². The number of carbonyl (C=O) groups excluding carboxylic acids is 1. The summed E-state index contributed by atoms with van der Waals surface area (Å²) in [6, 6.07) is 0. The summed E-state index contributed by atoms with van der Waals surface area (Å²) >= 11 is 0. The second-order valence-corrected chi connectivity index (χ2v) is 11.7. The van der Waals surface area contributed by atoms with Crippen LogP contribution in [0.15, 0.2) is 0 Å². The fourth-order valence-corrected chi connectivity index (χ4v) is 6.31. The van der Waals surface area contributed by atoms with E-state index in [0.717, 1.165) is 38.5 Å². The molecule has 5 N–H and O–H groups in total. The van der Waals surface area contributed by atoms with Crippen molar-refractivity contribution in [2.24, 2.45) is 5.92 Å². The zero-order chi connectivity index (χ0) is 29.0. The number of fused-ring (bicyclic) bond motifs is 1. The Morgan fingerprint density at radius 3 is 2.30 bits per heavy atom. The van der Waals surface area contributed by atoms with Crippen LogP contribution in [0.25, 0.3) is 0 Å². The molecule has 3 saturated heterocycles. The lowest BCUT2D eigenvalue weighted by molar-refractivity contribution is -0.353. The summed E-state index contributed by atoms with van der Waals surface area (Å²) in [6.07, 6.45) is -6.92. The van der Waals surface area contributed by atoms with Crippen molar-refractivity contribution in [1.29, 1.82) is 0 Å². The Morgan fingerprint density at radius 1 is 0.825 bits per heavy atom. The molecule has 0 radical (unpaired) electrons. The molecule has 3 aliphatic heterocycles. The van der Waals surface area contributed by atoms with Gasteiger partial charge in [-0.3, -0.25) is 4.79 Å². The molecule has 1 aliphatic carbocycles. The molecule has 0 amide bonds. The summed E-state index contributed by atoms with van der Waals surface area (Å²) in [6.45, 7) is 5.00. The highest BCUT2D eigenvalue weighted by molar-refractivity contribution is 5.80. The summed E-state index contributed by atoms with van der Waals surface area (Å²) in [4.78, 5) is 12.3. The van der Waals surface area contributed by atoms with Crippen LogP contribution in [0.4, 0.5) is 0 Å². The number of Topliss-reactive ketones (excluding diaryl/α,β-unsaturated/α-hetero) is 1. The Kier molecular flexibility index (Phi) is 11.7. The topological polar surface area (TPSA) is 174 Å². The lowest BCUT2D eigenvalue weighted by atomic mass is 9.82. The number of aliphatic hydroxyl groups is 5. The van der Waals surface area contributed by atoms with Crippen molar-refractivity contribution in [3.8, 4) is 0 Å². The summed E-state index contributed by atoms with van der Waals surface area (Å²) in [7, 11) is 0. The van der Waals surface area contributed by atoms with Crippen molar-refractivity contribution in [2.75, 3.05) is 13.2 Å². The quantitative estimate of drug-likeness (QED) is 0.279. The molecule has 0 aromatic carbocycles. The Labute approximate surface area is 235 Å². The van der Waals surface area contributed by atoms with Gasteiger partial charge in [0.15, 0.2) is 18.4 Å². The van der Waals surface area contributed by atoms with Crippen molar-refractivity contribution >= 4 is 5.78 Å². The minimum absolute atomic E-state index is 0.0516. The van der Waals surface area contributed by atoms with E-state index in [9.17, 15) is 30.3 Å². The van der Waals surface area contributed by atoms with Gasteiger partial charge in [0.1, 0.15) is 48.8 Å². The normalized spacial score (nSPS) is 47.3. The molecule has 3 heterocycles. The maximum atomic E-state index is 12.3. The first kappa shape index (κ1) is 32.2. The van der Waals surface area contributed by atoms with Gasteiger partial charge in [-0.25, -0.2) is 0 Å². The van der Waals surface area contributed by atoms with Gasteiger partial charge in [-0.05, 0) is 45.4 Å². The molecule has 232 valence electrons. The minimum atomic E-state index is -1.45. The van der Waals surface area contributed by atoms with Crippen LogP contribution < -0.4 is 0 Å². The predicted molar refractivity (Wildman–Crippen MR) is 139 cm³/mol. The Bertz CT molecular complexity index is 799. The van der Waals surface area contributed by atoms with Crippen LogP contribution in [0.3, 0.4) is 0 Å². The highest BCUT2D eigenvalue weighted by atomic mass is 16.7. The van der Waals surface area contributed by atoms with E-state index in [0.29, 0.717) is 19.4 Å². The minimum Gasteiger partial charge on any atom is -0.394 e. The second kappa shape index (κ2) is 14.6. The summed E-state index contributed by atoms with van der Waals surface area (Å²) in [5.41, 5.74) is 0. The van der Waals surface area contributed by atoms with E-state index >= 15 is 0 Å². The predicted octanol–water partition coefficient (Wildman–Crippen LogP) is 0.175. The zero-order valence-corrected chi connectivity index (χ0v) is 23.7. The van der Waals surface area contributed by atoms with Crippen LogP contribution in [0.2, 0.25) is 0 Å².